The largest absolute Gasteiger partial charge is 0.465 e. The summed E-state index contributed by atoms with van der Waals surface area (Å²) >= 11 is 0. The van der Waals surface area contributed by atoms with Crippen LogP contribution in [0.5, 0.6) is 0 Å². The molecule has 47 heavy (non-hydrogen) atoms. The molecule has 1 aromatic rings. The van der Waals surface area contributed by atoms with Crippen LogP contribution in [0.3, 0.4) is 0 Å². The Morgan fingerprint density at radius 2 is 1.36 bits per heavy atom. The van der Waals surface area contributed by atoms with E-state index in [1.807, 2.05) is 0 Å². The van der Waals surface area contributed by atoms with Gasteiger partial charge < -0.3 is 43.0 Å². The third kappa shape index (κ3) is 9.73. The fourth-order valence-electron chi connectivity index (χ4n) is 4.75. The minimum absolute atomic E-state index is 0.0283. The van der Waals surface area contributed by atoms with Crippen LogP contribution in [0.4, 0.5) is 10.5 Å². The Labute approximate surface area is 270 Å². The van der Waals surface area contributed by atoms with Crippen LogP contribution in [0.25, 0.3) is 0 Å². The monoisotopic (exact) mass is 665 g/mol. The van der Waals surface area contributed by atoms with Crippen LogP contribution in [0.2, 0.25) is 0 Å². The third-order valence-corrected chi connectivity index (χ3v) is 7.01. The number of benzene rings is 1. The van der Waals surface area contributed by atoms with Gasteiger partial charge in [0, 0.05) is 12.8 Å². The summed E-state index contributed by atoms with van der Waals surface area (Å²) in [6.45, 7) is 4.09. The van der Waals surface area contributed by atoms with Gasteiger partial charge in [0.15, 0.2) is 36.4 Å². The number of carbonyl (C=O) groups excluding carboxylic acids is 6. The molecule has 0 spiro atoms. The van der Waals surface area contributed by atoms with Crippen LogP contribution in [0.1, 0.15) is 44.0 Å². The van der Waals surface area contributed by atoms with Crippen LogP contribution in [-0.4, -0.2) is 105 Å². The van der Waals surface area contributed by atoms with Gasteiger partial charge in [-0.3, -0.25) is 24.5 Å². The number of methoxy groups -OCH3 is 1. The molecule has 2 heterocycles. The topological polar surface area (TPSA) is 209 Å². The Balaban J connectivity index is 1.99. The van der Waals surface area contributed by atoms with Gasteiger partial charge in [0.25, 0.3) is 0 Å². The molecule has 0 bridgehead atoms. The molecule has 0 radical (unpaired) electrons. The molecule has 1 fully saturated rings. The van der Waals surface area contributed by atoms with Gasteiger partial charge in [0.1, 0.15) is 6.10 Å². The zero-order chi connectivity index (χ0) is 34.5. The summed E-state index contributed by atoms with van der Waals surface area (Å²) in [5.74, 6) is -7.52. The lowest BCUT2D eigenvalue weighted by atomic mass is 9.96. The number of anilines is 1. The first kappa shape index (κ1) is 36.9. The van der Waals surface area contributed by atoms with Gasteiger partial charge in [-0.1, -0.05) is 12.2 Å². The summed E-state index contributed by atoms with van der Waals surface area (Å²) < 4.78 is 43.0. The number of allylic oxidation sites excluding steroid dienone is 2. The first-order valence-corrected chi connectivity index (χ1v) is 15.0. The molecule has 2 N–H and O–H groups in total. The number of aliphatic hydroxyl groups is 1. The van der Waals surface area contributed by atoms with Gasteiger partial charge in [-0.25, -0.2) is 9.59 Å². The quantitative estimate of drug-likeness (QED) is 0.158. The van der Waals surface area contributed by atoms with Gasteiger partial charge in [-0.2, -0.15) is 0 Å². The number of carbonyl (C=O) groups is 6. The van der Waals surface area contributed by atoms with E-state index >= 15 is 0 Å². The van der Waals surface area contributed by atoms with Crippen molar-refractivity contribution in [3.63, 3.8) is 0 Å². The minimum atomic E-state index is -1.72. The number of hydrogen-bond acceptors (Lipinski definition) is 15. The molecule has 0 aromatic heterocycles. The maximum absolute atomic E-state index is 13.5. The summed E-state index contributed by atoms with van der Waals surface area (Å²) in [5.41, 5.74) is 0.425. The summed E-state index contributed by atoms with van der Waals surface area (Å²) in [4.78, 5) is 77.4. The molecule has 0 unspecified atom stereocenters. The zero-order valence-corrected chi connectivity index (χ0v) is 26.4. The third-order valence-electron chi connectivity index (χ3n) is 7.01. The number of rotatable bonds is 10. The maximum Gasteiger partial charge on any atom is 0.412 e. The lowest BCUT2D eigenvalue weighted by Crippen LogP contribution is -2.63. The molecule has 2 aliphatic heterocycles. The molecular weight excluding hydrogens is 626 g/mol. The molecule has 2 aliphatic rings. The Morgan fingerprint density at radius 3 is 1.85 bits per heavy atom. The standard InChI is InChI=1S/C31H39NO15/c1-5-41-25(34)17-12-14-18(15-13-17)32-31(39)47-22-21(16-33)44-30(40-4)24-23(22)45-28(37)19(26(35)42-6-2)10-8-9-11-20(29(38)46-24)27(36)43-7-3/h8-9,12-15,19-24,30,33H,5-7,10-11,16H2,1-4H3,(H,32,39)/b9-8+/t19-,20-,21-,22-,23+,24-,30+/m1/s1. The van der Waals surface area contributed by atoms with Crippen molar-refractivity contribution < 1.29 is 71.8 Å². The second-order valence-corrected chi connectivity index (χ2v) is 10.1. The van der Waals surface area contributed by atoms with Crippen LogP contribution >= 0.6 is 0 Å². The SMILES string of the molecule is CCOC(=O)c1ccc(NC(=O)O[C@H]2[C@@H]3OC(=O)[C@@H](C(=O)OCC)C/C=C/C[C@H](C(=O)OCC)C(=O)O[C@H]3[C@@H](OC)O[C@@H]2CO)cc1. The summed E-state index contributed by atoms with van der Waals surface area (Å²) in [6.07, 6.45) is -6.61. The van der Waals surface area contributed by atoms with Gasteiger partial charge in [0.05, 0.1) is 32.0 Å². The summed E-state index contributed by atoms with van der Waals surface area (Å²) in [6, 6.07) is 5.63. The van der Waals surface area contributed by atoms with Crippen molar-refractivity contribution in [2.75, 3.05) is 38.9 Å². The molecular formula is C31H39NO15. The fourth-order valence-corrected chi connectivity index (χ4v) is 4.75. The van der Waals surface area contributed by atoms with E-state index in [0.29, 0.717) is 0 Å². The molecule has 16 heteroatoms. The van der Waals surface area contributed by atoms with Crippen molar-refractivity contribution in [2.45, 2.75) is 64.3 Å². The second-order valence-electron chi connectivity index (χ2n) is 10.1. The van der Waals surface area contributed by atoms with E-state index in [4.69, 9.17) is 37.9 Å². The molecule has 1 aromatic carbocycles. The number of aliphatic hydroxyl groups excluding tert-OH is 1. The number of nitrogens with one attached hydrogen (secondary N) is 1. The lowest BCUT2D eigenvalue weighted by Gasteiger charge is -2.44. The predicted molar refractivity (Wildman–Crippen MR) is 157 cm³/mol. The molecule has 16 nitrogen and oxygen atoms in total. The van der Waals surface area contributed by atoms with Crippen molar-refractivity contribution in [2.24, 2.45) is 11.8 Å². The average Bonchev–Trinajstić information content (AvgIpc) is 3.04. The Kier molecular flexibility index (Phi) is 14.1. The van der Waals surface area contributed by atoms with Crippen LogP contribution in [-0.2, 0) is 57.1 Å². The van der Waals surface area contributed by atoms with Gasteiger partial charge in [-0.15, -0.1) is 0 Å². The zero-order valence-electron chi connectivity index (χ0n) is 26.4. The maximum atomic E-state index is 13.5. The number of ether oxygens (including phenoxy) is 8. The lowest BCUT2D eigenvalue weighted by molar-refractivity contribution is -0.300. The van der Waals surface area contributed by atoms with E-state index < -0.39 is 85.1 Å². The number of esters is 5. The smallest absolute Gasteiger partial charge is 0.412 e. The highest BCUT2D eigenvalue weighted by Crippen LogP contribution is 2.31. The molecule has 0 saturated carbocycles. The first-order valence-electron chi connectivity index (χ1n) is 15.0. The summed E-state index contributed by atoms with van der Waals surface area (Å²) in [5, 5.41) is 12.6. The Morgan fingerprint density at radius 1 is 0.830 bits per heavy atom. The van der Waals surface area contributed by atoms with Crippen molar-refractivity contribution in [1.29, 1.82) is 0 Å². The van der Waals surface area contributed by atoms with E-state index in [2.05, 4.69) is 5.32 Å². The normalized spacial score (nSPS) is 26.9. The van der Waals surface area contributed by atoms with Crippen LogP contribution < -0.4 is 5.32 Å². The number of amides is 1. The Bertz CT molecular complexity index is 1300. The van der Waals surface area contributed by atoms with E-state index in [9.17, 15) is 33.9 Å². The second kappa shape index (κ2) is 18.0. The summed E-state index contributed by atoms with van der Waals surface area (Å²) in [7, 11) is 1.18. The predicted octanol–water partition coefficient (Wildman–Crippen LogP) is 1.68. The van der Waals surface area contributed by atoms with Crippen molar-refractivity contribution in [3.05, 3.63) is 42.0 Å². The fraction of sp³-hybridized carbons (Fsp3) is 0.548. The number of fused-ring (bicyclic) bond motifs is 1. The minimum Gasteiger partial charge on any atom is -0.465 e. The molecule has 7 atom stereocenters. The average molecular weight is 666 g/mol. The highest BCUT2D eigenvalue weighted by Gasteiger charge is 2.54. The van der Waals surface area contributed by atoms with Crippen LogP contribution in [0, 0.1) is 11.8 Å². The van der Waals surface area contributed by atoms with E-state index in [0.717, 1.165) is 0 Å². The molecule has 258 valence electrons. The van der Waals surface area contributed by atoms with E-state index in [1.165, 1.54) is 43.5 Å². The van der Waals surface area contributed by atoms with Crippen LogP contribution in [0.15, 0.2) is 36.4 Å². The molecule has 1 saturated heterocycles. The van der Waals surface area contributed by atoms with E-state index in [1.54, 1.807) is 20.8 Å². The highest BCUT2D eigenvalue weighted by molar-refractivity contribution is 5.96. The molecule has 0 aliphatic carbocycles. The van der Waals surface area contributed by atoms with Crippen molar-refractivity contribution in [3.8, 4) is 0 Å². The van der Waals surface area contributed by atoms with Gasteiger partial charge in [-0.05, 0) is 57.9 Å². The van der Waals surface area contributed by atoms with Gasteiger partial charge >= 0.3 is 35.9 Å². The molecule has 3 rings (SSSR count). The van der Waals surface area contributed by atoms with Gasteiger partial charge in [0.2, 0.25) is 0 Å². The first-order chi connectivity index (χ1) is 22.6. The number of hydrogen-bond donors (Lipinski definition) is 2. The highest BCUT2D eigenvalue weighted by atomic mass is 16.7. The van der Waals surface area contributed by atoms with E-state index in [-0.39, 0.29) is 43.9 Å². The molecule has 1 amide bonds. The Hall–Kier alpha value is -4.54. The van der Waals surface area contributed by atoms with Crippen molar-refractivity contribution >= 4 is 41.6 Å². The van der Waals surface area contributed by atoms with Crippen molar-refractivity contribution in [1.82, 2.24) is 0 Å².